The molecule has 1 aliphatic heterocycles. The second-order valence-electron chi connectivity index (χ2n) is 10.4. The molecule has 0 radical (unpaired) electrons. The maximum absolute atomic E-state index is 13.0. The Morgan fingerprint density at radius 3 is 2.29 bits per heavy atom. The van der Waals surface area contributed by atoms with E-state index in [4.69, 9.17) is 9.47 Å². The van der Waals surface area contributed by atoms with Crippen molar-refractivity contribution in [3.63, 3.8) is 0 Å². The van der Waals surface area contributed by atoms with Gasteiger partial charge in [-0.15, -0.1) is 0 Å². The standard InChI is InChI=1S/C25H38O3/c1-3-27-24(26)22-16(2)19-12-4-5-13-20(19)23-21(22)14-15-25(28-23)17-8-6-9-18(25)11-7-10-17/h14-23H,3-13H2,1-2H3. The summed E-state index contributed by atoms with van der Waals surface area (Å²) in [4.78, 5) is 13.0. The minimum absolute atomic E-state index is 0.0158. The third-order valence-electron chi connectivity index (χ3n) is 9.30. The topological polar surface area (TPSA) is 35.5 Å². The van der Waals surface area contributed by atoms with E-state index in [-0.39, 0.29) is 29.5 Å². The minimum Gasteiger partial charge on any atom is -0.466 e. The summed E-state index contributed by atoms with van der Waals surface area (Å²) in [5.41, 5.74) is -0.0283. The first-order chi connectivity index (χ1) is 13.7. The van der Waals surface area contributed by atoms with Gasteiger partial charge in [0.1, 0.15) is 0 Å². The molecule has 0 amide bonds. The number of ether oxygens (including phenoxy) is 2. The molecule has 0 aromatic heterocycles. The quantitative estimate of drug-likeness (QED) is 0.462. The van der Waals surface area contributed by atoms with Gasteiger partial charge in [-0.25, -0.2) is 0 Å². The molecular formula is C25H38O3. The van der Waals surface area contributed by atoms with Gasteiger partial charge in [0, 0.05) is 5.92 Å². The fraction of sp³-hybridized carbons (Fsp3) is 0.880. The second kappa shape index (κ2) is 7.45. The smallest absolute Gasteiger partial charge is 0.309 e. The van der Waals surface area contributed by atoms with Crippen LogP contribution in [0, 0.1) is 41.4 Å². The summed E-state index contributed by atoms with van der Waals surface area (Å²) in [6, 6.07) is 0. The first-order valence-electron chi connectivity index (χ1n) is 12.2. The van der Waals surface area contributed by atoms with Crippen molar-refractivity contribution in [1.29, 1.82) is 0 Å². The number of fused-ring (bicyclic) bond motifs is 3. The molecule has 3 nitrogen and oxygen atoms in total. The summed E-state index contributed by atoms with van der Waals surface area (Å²) in [6.45, 7) is 4.72. The van der Waals surface area contributed by atoms with Gasteiger partial charge in [0.25, 0.3) is 0 Å². The largest absolute Gasteiger partial charge is 0.466 e. The van der Waals surface area contributed by atoms with E-state index in [0.717, 1.165) is 0 Å². The normalized spacial score (nSPS) is 49.9. The molecule has 6 atom stereocenters. The second-order valence-corrected chi connectivity index (χ2v) is 10.4. The number of hydrogen-bond acceptors (Lipinski definition) is 3. The third-order valence-corrected chi connectivity index (χ3v) is 9.30. The summed E-state index contributed by atoms with van der Waals surface area (Å²) in [6.07, 6.45) is 18.3. The number of rotatable bonds is 2. The average Bonchev–Trinajstić information content (AvgIpc) is 2.69. The molecule has 2 bridgehead atoms. The summed E-state index contributed by atoms with van der Waals surface area (Å²) in [7, 11) is 0. The summed E-state index contributed by atoms with van der Waals surface area (Å²) in [5.74, 6) is 3.24. The zero-order valence-electron chi connectivity index (χ0n) is 17.8. The lowest BCUT2D eigenvalue weighted by Crippen LogP contribution is -2.61. The predicted octanol–water partition coefficient (Wildman–Crippen LogP) is 5.53. The van der Waals surface area contributed by atoms with Crippen LogP contribution in [0.5, 0.6) is 0 Å². The monoisotopic (exact) mass is 386 g/mol. The molecule has 0 aromatic rings. The molecule has 28 heavy (non-hydrogen) atoms. The first kappa shape index (κ1) is 19.2. The summed E-state index contributed by atoms with van der Waals surface area (Å²) in [5, 5.41) is 0. The van der Waals surface area contributed by atoms with Crippen LogP contribution in [0.3, 0.4) is 0 Å². The molecule has 156 valence electrons. The van der Waals surface area contributed by atoms with Gasteiger partial charge >= 0.3 is 5.97 Å². The van der Waals surface area contributed by atoms with E-state index >= 15 is 0 Å². The van der Waals surface area contributed by atoms with Crippen LogP contribution < -0.4 is 0 Å². The zero-order chi connectivity index (χ0) is 19.3. The SMILES string of the molecule is CCOC(=O)C1C(C)C2CCCCC2C2OC3(C=CC21)C1CCCC3CCC1. The first-order valence-corrected chi connectivity index (χ1v) is 12.2. The zero-order valence-corrected chi connectivity index (χ0v) is 17.8. The number of carbonyl (C=O) groups excluding carboxylic acids is 1. The fourth-order valence-electron chi connectivity index (χ4n) is 8.11. The highest BCUT2D eigenvalue weighted by Crippen LogP contribution is 2.58. The van der Waals surface area contributed by atoms with Gasteiger partial charge in [0.15, 0.2) is 0 Å². The van der Waals surface area contributed by atoms with Crippen molar-refractivity contribution in [3.05, 3.63) is 12.2 Å². The van der Waals surface area contributed by atoms with Crippen LogP contribution in [-0.4, -0.2) is 24.3 Å². The Hall–Kier alpha value is -0.830. The van der Waals surface area contributed by atoms with E-state index in [1.165, 1.54) is 64.2 Å². The van der Waals surface area contributed by atoms with Crippen molar-refractivity contribution in [2.45, 2.75) is 89.8 Å². The summed E-state index contributed by atoms with van der Waals surface area (Å²) >= 11 is 0. The highest BCUT2D eigenvalue weighted by Gasteiger charge is 2.59. The lowest BCUT2D eigenvalue weighted by Gasteiger charge is -2.60. The minimum atomic E-state index is -0.0283. The molecule has 1 heterocycles. The van der Waals surface area contributed by atoms with Crippen molar-refractivity contribution in [3.8, 4) is 0 Å². The van der Waals surface area contributed by atoms with Crippen molar-refractivity contribution < 1.29 is 14.3 Å². The molecule has 4 saturated carbocycles. The Kier molecular flexibility index (Phi) is 5.10. The molecule has 0 saturated heterocycles. The van der Waals surface area contributed by atoms with E-state index in [2.05, 4.69) is 19.1 Å². The molecule has 4 fully saturated rings. The maximum Gasteiger partial charge on any atom is 0.309 e. The summed E-state index contributed by atoms with van der Waals surface area (Å²) < 4.78 is 12.8. The van der Waals surface area contributed by atoms with Gasteiger partial charge in [-0.3, -0.25) is 4.79 Å². The Morgan fingerprint density at radius 2 is 1.64 bits per heavy atom. The number of hydrogen-bond donors (Lipinski definition) is 0. The van der Waals surface area contributed by atoms with E-state index in [1.807, 2.05) is 6.92 Å². The van der Waals surface area contributed by atoms with Crippen molar-refractivity contribution in [2.75, 3.05) is 6.61 Å². The molecule has 1 spiro atoms. The predicted molar refractivity (Wildman–Crippen MR) is 110 cm³/mol. The van der Waals surface area contributed by atoms with Crippen molar-refractivity contribution in [1.82, 2.24) is 0 Å². The molecule has 6 unspecified atom stereocenters. The van der Waals surface area contributed by atoms with Crippen LogP contribution >= 0.6 is 0 Å². The van der Waals surface area contributed by atoms with Gasteiger partial charge < -0.3 is 9.47 Å². The highest BCUT2D eigenvalue weighted by molar-refractivity contribution is 5.74. The van der Waals surface area contributed by atoms with Crippen LogP contribution in [0.2, 0.25) is 0 Å². The maximum atomic E-state index is 13.0. The lowest BCUT2D eigenvalue weighted by molar-refractivity contribution is -0.227. The van der Waals surface area contributed by atoms with Gasteiger partial charge in [-0.1, -0.05) is 44.8 Å². The van der Waals surface area contributed by atoms with Crippen LogP contribution in [0.4, 0.5) is 0 Å². The van der Waals surface area contributed by atoms with Crippen molar-refractivity contribution >= 4 is 5.97 Å². The average molecular weight is 387 g/mol. The molecule has 0 aromatic carbocycles. The molecule has 4 aliphatic carbocycles. The van der Waals surface area contributed by atoms with Gasteiger partial charge in [-0.2, -0.15) is 0 Å². The van der Waals surface area contributed by atoms with Crippen LogP contribution in [0.15, 0.2) is 12.2 Å². The molecule has 5 aliphatic rings. The third kappa shape index (κ3) is 2.82. The Bertz CT molecular complexity index is 603. The Labute approximate surface area is 170 Å². The van der Waals surface area contributed by atoms with E-state index in [0.29, 0.717) is 36.2 Å². The molecule has 0 N–H and O–H groups in total. The Morgan fingerprint density at radius 1 is 1.00 bits per heavy atom. The number of esters is 1. The number of carbonyl (C=O) groups is 1. The fourth-order valence-corrected chi connectivity index (χ4v) is 8.11. The van der Waals surface area contributed by atoms with E-state index in [1.54, 1.807) is 0 Å². The van der Waals surface area contributed by atoms with E-state index < -0.39 is 0 Å². The van der Waals surface area contributed by atoms with Gasteiger partial charge in [-0.05, 0) is 75.0 Å². The van der Waals surface area contributed by atoms with Gasteiger partial charge in [0.2, 0.25) is 0 Å². The van der Waals surface area contributed by atoms with E-state index in [9.17, 15) is 4.79 Å². The highest BCUT2D eigenvalue weighted by atomic mass is 16.5. The van der Waals surface area contributed by atoms with Crippen LogP contribution in [0.1, 0.15) is 78.1 Å². The van der Waals surface area contributed by atoms with Crippen LogP contribution in [0.25, 0.3) is 0 Å². The molecule has 5 rings (SSSR count). The van der Waals surface area contributed by atoms with Crippen molar-refractivity contribution in [2.24, 2.45) is 41.4 Å². The Balaban J connectivity index is 1.52. The van der Waals surface area contributed by atoms with Gasteiger partial charge in [0.05, 0.1) is 24.2 Å². The molecule has 3 heteroatoms. The lowest BCUT2D eigenvalue weighted by atomic mass is 9.54. The molecular weight excluding hydrogens is 348 g/mol. The van der Waals surface area contributed by atoms with Crippen LogP contribution in [-0.2, 0) is 14.3 Å².